The van der Waals surface area contributed by atoms with Crippen molar-refractivity contribution in [3.8, 4) is 5.75 Å². The van der Waals surface area contributed by atoms with E-state index in [4.69, 9.17) is 16.3 Å². The summed E-state index contributed by atoms with van der Waals surface area (Å²) >= 11 is 5.89. The van der Waals surface area contributed by atoms with Gasteiger partial charge in [0.05, 0.1) is 28.9 Å². The fraction of sp³-hybridized carbons (Fsp3) is 0.300. The topological polar surface area (TPSA) is 70.7 Å². The molecule has 1 saturated heterocycles. The fourth-order valence-electron chi connectivity index (χ4n) is 3.08. The Labute approximate surface area is 175 Å². The molecule has 1 fully saturated rings. The van der Waals surface area contributed by atoms with Crippen molar-refractivity contribution in [1.82, 2.24) is 5.32 Å². The maximum Gasteiger partial charge on any atom is 0.416 e. The van der Waals surface area contributed by atoms with Gasteiger partial charge >= 0.3 is 12.2 Å². The summed E-state index contributed by atoms with van der Waals surface area (Å²) in [6.45, 7) is 2.63. The summed E-state index contributed by atoms with van der Waals surface area (Å²) in [5.41, 5.74) is -0.439. The molecule has 1 heterocycles. The van der Waals surface area contributed by atoms with Crippen LogP contribution in [0.1, 0.15) is 18.9 Å². The quantitative estimate of drug-likeness (QED) is 0.707. The molecule has 160 valence electrons. The average molecular weight is 442 g/mol. The van der Waals surface area contributed by atoms with E-state index in [0.717, 1.165) is 18.2 Å². The number of benzene rings is 2. The van der Waals surface area contributed by atoms with E-state index in [1.165, 1.54) is 4.90 Å². The Morgan fingerprint density at radius 3 is 2.57 bits per heavy atom. The zero-order chi connectivity index (χ0) is 21.9. The SMILES string of the molecule is CCOc1ccc(N2CC(NC(=O)Nc3cc(C(F)(F)F)ccc3Cl)CC2=O)cc1. The van der Waals surface area contributed by atoms with Crippen LogP contribution in [0.25, 0.3) is 0 Å². The number of hydrogen-bond donors (Lipinski definition) is 2. The largest absolute Gasteiger partial charge is 0.494 e. The zero-order valence-electron chi connectivity index (χ0n) is 15.9. The van der Waals surface area contributed by atoms with Gasteiger partial charge in [0.1, 0.15) is 5.75 Å². The van der Waals surface area contributed by atoms with E-state index in [-0.39, 0.29) is 29.6 Å². The molecule has 2 aromatic carbocycles. The van der Waals surface area contributed by atoms with Gasteiger partial charge in [-0.15, -0.1) is 0 Å². The number of carbonyl (C=O) groups excluding carboxylic acids is 2. The first kappa shape index (κ1) is 21.8. The van der Waals surface area contributed by atoms with Crippen LogP contribution in [0.3, 0.4) is 0 Å². The second-order valence-electron chi connectivity index (χ2n) is 6.62. The van der Waals surface area contributed by atoms with Gasteiger partial charge in [0.25, 0.3) is 0 Å². The molecule has 1 atom stereocenters. The summed E-state index contributed by atoms with van der Waals surface area (Å²) in [6.07, 6.45) is -4.50. The second-order valence-corrected chi connectivity index (χ2v) is 7.03. The van der Waals surface area contributed by atoms with Crippen molar-refractivity contribution in [3.05, 3.63) is 53.1 Å². The lowest BCUT2D eigenvalue weighted by atomic mass is 10.2. The normalized spacial score (nSPS) is 16.5. The van der Waals surface area contributed by atoms with Gasteiger partial charge < -0.3 is 20.3 Å². The molecular formula is C20H19ClF3N3O3. The summed E-state index contributed by atoms with van der Waals surface area (Å²) < 4.78 is 43.9. The summed E-state index contributed by atoms with van der Waals surface area (Å²) in [4.78, 5) is 26.1. The highest BCUT2D eigenvalue weighted by atomic mass is 35.5. The van der Waals surface area contributed by atoms with Gasteiger partial charge in [-0.25, -0.2) is 4.79 Å². The summed E-state index contributed by atoms with van der Waals surface area (Å²) in [5, 5.41) is 4.88. The number of hydrogen-bond acceptors (Lipinski definition) is 3. The smallest absolute Gasteiger partial charge is 0.416 e. The van der Waals surface area contributed by atoms with Crippen LogP contribution in [0.15, 0.2) is 42.5 Å². The molecule has 1 aliphatic rings. The number of halogens is 4. The second kappa shape index (κ2) is 8.83. The van der Waals surface area contributed by atoms with Crippen LogP contribution in [-0.2, 0) is 11.0 Å². The van der Waals surface area contributed by atoms with Crippen LogP contribution in [-0.4, -0.2) is 31.1 Å². The van der Waals surface area contributed by atoms with Crippen molar-refractivity contribution in [1.29, 1.82) is 0 Å². The summed E-state index contributed by atoms with van der Waals surface area (Å²) in [6, 6.07) is 8.37. The van der Waals surface area contributed by atoms with Crippen LogP contribution >= 0.6 is 11.6 Å². The number of anilines is 2. The molecule has 3 amide bonds. The van der Waals surface area contributed by atoms with E-state index in [1.54, 1.807) is 24.3 Å². The Bertz CT molecular complexity index is 935. The first-order chi connectivity index (χ1) is 14.2. The number of amides is 3. The van der Waals surface area contributed by atoms with Crippen molar-refractivity contribution in [3.63, 3.8) is 0 Å². The van der Waals surface area contributed by atoms with Gasteiger partial charge in [-0.2, -0.15) is 13.2 Å². The number of nitrogens with zero attached hydrogens (tertiary/aromatic N) is 1. The molecule has 30 heavy (non-hydrogen) atoms. The van der Waals surface area contributed by atoms with Gasteiger partial charge in [0.2, 0.25) is 5.91 Å². The lowest BCUT2D eigenvalue weighted by molar-refractivity contribution is -0.137. The van der Waals surface area contributed by atoms with Crippen LogP contribution in [0.4, 0.5) is 29.3 Å². The van der Waals surface area contributed by atoms with Gasteiger partial charge in [0.15, 0.2) is 0 Å². The van der Waals surface area contributed by atoms with Gasteiger partial charge in [0, 0.05) is 18.7 Å². The maximum atomic E-state index is 12.9. The van der Waals surface area contributed by atoms with Crippen LogP contribution in [0.5, 0.6) is 5.75 Å². The fourth-order valence-corrected chi connectivity index (χ4v) is 3.25. The molecule has 0 radical (unpaired) electrons. The standard InChI is InChI=1S/C20H19ClF3N3O3/c1-2-30-15-6-4-14(5-7-15)27-11-13(10-18(27)28)25-19(29)26-17-9-12(20(22,23)24)3-8-16(17)21/h3-9,13H,2,10-11H2,1H3,(H2,25,26,29). The number of urea groups is 1. The molecule has 1 unspecified atom stereocenters. The third-order valence-corrected chi connectivity index (χ3v) is 4.79. The monoisotopic (exact) mass is 441 g/mol. The number of rotatable bonds is 5. The average Bonchev–Trinajstić information content (AvgIpc) is 3.03. The highest BCUT2D eigenvalue weighted by Gasteiger charge is 2.33. The molecule has 0 bridgehead atoms. The zero-order valence-corrected chi connectivity index (χ0v) is 16.7. The lowest BCUT2D eigenvalue weighted by Gasteiger charge is -2.18. The number of alkyl halides is 3. The minimum Gasteiger partial charge on any atom is -0.494 e. The molecule has 2 N–H and O–H groups in total. The highest BCUT2D eigenvalue weighted by molar-refractivity contribution is 6.33. The number of carbonyl (C=O) groups is 2. The molecule has 0 saturated carbocycles. The van der Waals surface area contributed by atoms with Crippen molar-refractivity contribution in [2.45, 2.75) is 25.6 Å². The third-order valence-electron chi connectivity index (χ3n) is 4.46. The van der Waals surface area contributed by atoms with E-state index in [9.17, 15) is 22.8 Å². The van der Waals surface area contributed by atoms with Crippen LogP contribution < -0.4 is 20.3 Å². The van der Waals surface area contributed by atoms with Crippen molar-refractivity contribution < 1.29 is 27.5 Å². The summed E-state index contributed by atoms with van der Waals surface area (Å²) in [5.74, 6) is 0.501. The Balaban J connectivity index is 1.62. The van der Waals surface area contributed by atoms with Gasteiger partial charge in [-0.05, 0) is 49.4 Å². The first-order valence-corrected chi connectivity index (χ1v) is 9.52. The van der Waals surface area contributed by atoms with E-state index < -0.39 is 23.8 Å². The predicted molar refractivity (Wildman–Crippen MR) is 107 cm³/mol. The van der Waals surface area contributed by atoms with Gasteiger partial charge in [-0.1, -0.05) is 11.6 Å². The molecule has 2 aromatic rings. The minimum atomic E-state index is -4.56. The van der Waals surface area contributed by atoms with E-state index >= 15 is 0 Å². The van der Waals surface area contributed by atoms with Crippen molar-refractivity contribution in [2.75, 3.05) is 23.4 Å². The van der Waals surface area contributed by atoms with Crippen molar-refractivity contribution in [2.24, 2.45) is 0 Å². The molecular weight excluding hydrogens is 423 g/mol. The Morgan fingerprint density at radius 1 is 1.23 bits per heavy atom. The van der Waals surface area contributed by atoms with Crippen LogP contribution in [0.2, 0.25) is 5.02 Å². The van der Waals surface area contributed by atoms with E-state index in [2.05, 4.69) is 10.6 Å². The Kier molecular flexibility index (Phi) is 6.40. The van der Waals surface area contributed by atoms with E-state index in [0.29, 0.717) is 18.0 Å². The number of nitrogens with one attached hydrogen (secondary N) is 2. The van der Waals surface area contributed by atoms with Crippen LogP contribution in [0, 0.1) is 0 Å². The minimum absolute atomic E-state index is 0.0309. The molecule has 0 aliphatic carbocycles. The Morgan fingerprint density at radius 2 is 1.93 bits per heavy atom. The number of ether oxygens (including phenoxy) is 1. The first-order valence-electron chi connectivity index (χ1n) is 9.15. The predicted octanol–water partition coefficient (Wildman–Crippen LogP) is 4.68. The molecule has 0 aromatic heterocycles. The Hall–Kier alpha value is -2.94. The molecule has 10 heteroatoms. The molecule has 1 aliphatic heterocycles. The lowest BCUT2D eigenvalue weighted by Crippen LogP contribution is -2.39. The third kappa shape index (κ3) is 5.15. The van der Waals surface area contributed by atoms with Crippen molar-refractivity contribution >= 4 is 34.9 Å². The molecule has 3 rings (SSSR count). The summed E-state index contributed by atoms with van der Waals surface area (Å²) in [7, 11) is 0. The molecule has 6 nitrogen and oxygen atoms in total. The maximum absolute atomic E-state index is 12.9. The van der Waals surface area contributed by atoms with E-state index in [1.807, 2.05) is 6.92 Å². The molecule has 0 spiro atoms. The van der Waals surface area contributed by atoms with Gasteiger partial charge in [-0.3, -0.25) is 4.79 Å². The highest BCUT2D eigenvalue weighted by Crippen LogP contribution is 2.34.